The maximum absolute atomic E-state index is 12.0. The second-order valence-electron chi connectivity index (χ2n) is 5.95. The van der Waals surface area contributed by atoms with Crippen molar-refractivity contribution in [2.24, 2.45) is 0 Å². The Morgan fingerprint density at radius 2 is 2.00 bits per heavy atom. The first-order chi connectivity index (χ1) is 13.7. The number of nitrogens with one attached hydrogen (secondary N) is 1. The number of rotatable bonds is 9. The summed E-state index contributed by atoms with van der Waals surface area (Å²) in [6.45, 7) is 2.95. The fourth-order valence-electron chi connectivity index (χ4n) is 2.49. The Morgan fingerprint density at radius 3 is 2.68 bits per heavy atom. The second-order valence-corrected chi connectivity index (χ2v) is 5.95. The van der Waals surface area contributed by atoms with Gasteiger partial charge < -0.3 is 19.3 Å². The van der Waals surface area contributed by atoms with Gasteiger partial charge >= 0.3 is 0 Å². The van der Waals surface area contributed by atoms with E-state index in [1.165, 1.54) is 0 Å². The van der Waals surface area contributed by atoms with Crippen LogP contribution >= 0.6 is 0 Å². The predicted octanol–water partition coefficient (Wildman–Crippen LogP) is 2.79. The van der Waals surface area contributed by atoms with E-state index in [2.05, 4.69) is 20.4 Å². The van der Waals surface area contributed by atoms with Crippen molar-refractivity contribution in [2.45, 2.75) is 26.3 Å². The molecular weight excluding hydrogens is 360 g/mol. The van der Waals surface area contributed by atoms with Crippen molar-refractivity contribution in [3.63, 3.8) is 0 Å². The van der Waals surface area contributed by atoms with E-state index in [1.54, 1.807) is 19.4 Å². The highest BCUT2D eigenvalue weighted by atomic mass is 16.5. The average molecular weight is 382 g/mol. The molecule has 3 rings (SSSR count). The van der Waals surface area contributed by atoms with Gasteiger partial charge in [-0.1, -0.05) is 11.2 Å². The highest BCUT2D eigenvalue weighted by Crippen LogP contribution is 2.20. The minimum Gasteiger partial charge on any atom is -0.494 e. The Labute approximate surface area is 162 Å². The quantitative estimate of drug-likeness (QED) is 0.607. The number of carbonyl (C=O) groups excluding carboxylic acids is 1. The standard InChI is InChI=1S/C20H22N4O4/c1-3-27-16-7-5-15(6-8-16)20-23-19(28-24-20)11-9-17(25)21-12-14-4-10-18(26-2)22-13-14/h4-8,10,13H,3,9,11-12H2,1-2H3,(H,21,25). The van der Waals surface area contributed by atoms with Crippen LogP contribution in [0.5, 0.6) is 11.6 Å². The molecule has 0 unspecified atom stereocenters. The second kappa shape index (κ2) is 9.50. The Morgan fingerprint density at radius 1 is 1.18 bits per heavy atom. The van der Waals surface area contributed by atoms with E-state index in [0.717, 1.165) is 16.9 Å². The Hall–Kier alpha value is -3.42. The van der Waals surface area contributed by atoms with Gasteiger partial charge in [-0.2, -0.15) is 4.98 Å². The fraction of sp³-hybridized carbons (Fsp3) is 0.300. The number of hydrogen-bond acceptors (Lipinski definition) is 7. The molecule has 0 aliphatic rings. The Kier molecular flexibility index (Phi) is 6.56. The third-order valence-electron chi connectivity index (χ3n) is 3.95. The molecule has 0 bridgehead atoms. The van der Waals surface area contributed by atoms with E-state index in [9.17, 15) is 4.79 Å². The van der Waals surface area contributed by atoms with E-state index < -0.39 is 0 Å². The molecule has 3 aromatic rings. The van der Waals surface area contributed by atoms with Crippen LogP contribution < -0.4 is 14.8 Å². The zero-order valence-electron chi connectivity index (χ0n) is 15.8. The van der Waals surface area contributed by atoms with E-state index in [1.807, 2.05) is 37.3 Å². The first kappa shape index (κ1) is 19.3. The number of amides is 1. The number of pyridine rings is 1. The van der Waals surface area contributed by atoms with Crippen LogP contribution in [-0.4, -0.2) is 34.7 Å². The van der Waals surface area contributed by atoms with Crippen molar-refractivity contribution in [1.29, 1.82) is 0 Å². The molecule has 0 atom stereocenters. The topological polar surface area (TPSA) is 99.4 Å². The summed E-state index contributed by atoms with van der Waals surface area (Å²) in [5.74, 6) is 2.14. The number of methoxy groups -OCH3 is 1. The van der Waals surface area contributed by atoms with Gasteiger partial charge in [-0.15, -0.1) is 0 Å². The lowest BCUT2D eigenvalue weighted by atomic mass is 10.2. The van der Waals surface area contributed by atoms with Gasteiger partial charge in [0.2, 0.25) is 23.5 Å². The average Bonchev–Trinajstić information content (AvgIpc) is 3.21. The molecule has 0 saturated carbocycles. The summed E-state index contributed by atoms with van der Waals surface area (Å²) in [6, 6.07) is 11.1. The van der Waals surface area contributed by atoms with Crippen molar-refractivity contribution in [3.8, 4) is 23.0 Å². The molecule has 0 fully saturated rings. The molecule has 0 saturated heterocycles. The number of benzene rings is 1. The Balaban J connectivity index is 1.47. The smallest absolute Gasteiger partial charge is 0.227 e. The van der Waals surface area contributed by atoms with Gasteiger partial charge in [-0.25, -0.2) is 4.98 Å². The molecule has 1 amide bonds. The van der Waals surface area contributed by atoms with Crippen molar-refractivity contribution in [3.05, 3.63) is 54.0 Å². The molecule has 2 heterocycles. The predicted molar refractivity (Wildman–Crippen MR) is 102 cm³/mol. The number of nitrogens with zero attached hydrogens (tertiary/aromatic N) is 3. The maximum atomic E-state index is 12.0. The van der Waals surface area contributed by atoms with Gasteiger partial charge in [0.1, 0.15) is 5.75 Å². The molecule has 8 heteroatoms. The fourth-order valence-corrected chi connectivity index (χ4v) is 2.49. The van der Waals surface area contributed by atoms with Crippen molar-refractivity contribution in [1.82, 2.24) is 20.4 Å². The third kappa shape index (κ3) is 5.29. The third-order valence-corrected chi connectivity index (χ3v) is 3.95. The number of aromatic nitrogens is 3. The van der Waals surface area contributed by atoms with Gasteiger partial charge in [0, 0.05) is 37.2 Å². The zero-order valence-corrected chi connectivity index (χ0v) is 15.8. The lowest BCUT2D eigenvalue weighted by Gasteiger charge is -2.05. The summed E-state index contributed by atoms with van der Waals surface area (Å²) in [4.78, 5) is 20.5. The molecule has 2 aromatic heterocycles. The van der Waals surface area contributed by atoms with Gasteiger partial charge in [0.05, 0.1) is 13.7 Å². The molecule has 146 valence electrons. The molecule has 1 N–H and O–H groups in total. The molecular formula is C20H22N4O4. The molecule has 0 spiro atoms. The highest BCUT2D eigenvalue weighted by Gasteiger charge is 2.11. The summed E-state index contributed by atoms with van der Waals surface area (Å²) >= 11 is 0. The summed E-state index contributed by atoms with van der Waals surface area (Å²) in [7, 11) is 1.56. The first-order valence-corrected chi connectivity index (χ1v) is 8.99. The molecule has 1 aromatic carbocycles. The van der Waals surface area contributed by atoms with Crippen molar-refractivity contribution >= 4 is 5.91 Å². The lowest BCUT2D eigenvalue weighted by molar-refractivity contribution is -0.121. The number of aryl methyl sites for hydroxylation is 1. The summed E-state index contributed by atoms with van der Waals surface area (Å²) in [6.07, 6.45) is 2.30. The molecule has 0 radical (unpaired) electrons. The monoisotopic (exact) mass is 382 g/mol. The largest absolute Gasteiger partial charge is 0.494 e. The van der Waals surface area contributed by atoms with Gasteiger partial charge in [0.15, 0.2) is 0 Å². The maximum Gasteiger partial charge on any atom is 0.227 e. The van der Waals surface area contributed by atoms with Crippen LogP contribution in [0.25, 0.3) is 11.4 Å². The van der Waals surface area contributed by atoms with Crippen LogP contribution in [0.3, 0.4) is 0 Å². The van der Waals surface area contributed by atoms with Crippen LogP contribution in [0.2, 0.25) is 0 Å². The number of carbonyl (C=O) groups is 1. The lowest BCUT2D eigenvalue weighted by Crippen LogP contribution is -2.23. The minimum absolute atomic E-state index is 0.100. The SMILES string of the molecule is CCOc1ccc(-c2noc(CCC(=O)NCc3ccc(OC)nc3)n2)cc1. The molecule has 0 aliphatic heterocycles. The zero-order chi connectivity index (χ0) is 19.8. The van der Waals surface area contributed by atoms with Crippen LogP contribution in [-0.2, 0) is 17.8 Å². The van der Waals surface area contributed by atoms with E-state index >= 15 is 0 Å². The van der Waals surface area contributed by atoms with Crippen LogP contribution in [0.1, 0.15) is 24.8 Å². The Bertz CT molecular complexity index is 891. The molecule has 28 heavy (non-hydrogen) atoms. The summed E-state index contributed by atoms with van der Waals surface area (Å²) in [5, 5.41) is 6.81. The van der Waals surface area contributed by atoms with Crippen molar-refractivity contribution in [2.75, 3.05) is 13.7 Å². The normalized spacial score (nSPS) is 10.5. The van der Waals surface area contributed by atoms with E-state index in [0.29, 0.717) is 37.2 Å². The van der Waals surface area contributed by atoms with Crippen LogP contribution in [0, 0.1) is 0 Å². The minimum atomic E-state index is -0.100. The summed E-state index contributed by atoms with van der Waals surface area (Å²) < 4.78 is 15.7. The van der Waals surface area contributed by atoms with Gasteiger partial charge in [-0.05, 0) is 36.8 Å². The van der Waals surface area contributed by atoms with E-state index in [4.69, 9.17) is 14.0 Å². The van der Waals surface area contributed by atoms with Gasteiger partial charge in [-0.3, -0.25) is 4.79 Å². The van der Waals surface area contributed by atoms with Crippen LogP contribution in [0.15, 0.2) is 47.1 Å². The van der Waals surface area contributed by atoms with Gasteiger partial charge in [0.25, 0.3) is 0 Å². The highest BCUT2D eigenvalue weighted by molar-refractivity contribution is 5.76. The van der Waals surface area contributed by atoms with Crippen LogP contribution in [0.4, 0.5) is 0 Å². The van der Waals surface area contributed by atoms with E-state index in [-0.39, 0.29) is 12.3 Å². The number of ether oxygens (including phenoxy) is 2. The number of hydrogen-bond donors (Lipinski definition) is 1. The molecule has 0 aliphatic carbocycles. The molecule has 8 nitrogen and oxygen atoms in total. The van der Waals surface area contributed by atoms with Crippen molar-refractivity contribution < 1.29 is 18.8 Å². The summed E-state index contributed by atoms with van der Waals surface area (Å²) in [5.41, 5.74) is 1.72. The first-order valence-electron chi connectivity index (χ1n) is 8.99.